The maximum atomic E-state index is 13.9. The van der Waals surface area contributed by atoms with E-state index in [0.29, 0.717) is 17.8 Å². The molecule has 1 aromatic carbocycles. The van der Waals surface area contributed by atoms with E-state index in [4.69, 9.17) is 9.47 Å². The van der Waals surface area contributed by atoms with Gasteiger partial charge in [0.15, 0.2) is 0 Å². The summed E-state index contributed by atoms with van der Waals surface area (Å²) in [4.78, 5) is 27.3. The van der Waals surface area contributed by atoms with E-state index in [1.807, 2.05) is 17.9 Å². The highest BCUT2D eigenvalue weighted by atomic mass is 19.1. The molecule has 1 N–H and O–H groups in total. The Kier molecular flexibility index (Phi) is 5.45. The number of carbonyl (C=O) groups is 2. The SMILES string of the molecule is Cc1c(C(O)CN2CCC3(CC2)CCN(C2=C(F)C(=O)OC2)CC3)ccc2c1COC2=O. The van der Waals surface area contributed by atoms with Gasteiger partial charge in [-0.2, -0.15) is 4.39 Å². The largest absolute Gasteiger partial charge is 0.457 e. The number of carbonyl (C=O) groups excluding carboxylic acids is 2. The molecule has 1 unspecified atom stereocenters. The molecular formula is C24H29FN2O5. The predicted octanol–water partition coefficient (Wildman–Crippen LogP) is 2.61. The molecule has 0 bridgehead atoms. The molecule has 5 rings (SSSR count). The topological polar surface area (TPSA) is 79.3 Å². The molecule has 1 aromatic rings. The van der Waals surface area contributed by atoms with Gasteiger partial charge in [-0.1, -0.05) is 6.07 Å². The molecule has 0 amide bonds. The zero-order valence-corrected chi connectivity index (χ0v) is 18.4. The molecule has 1 atom stereocenters. The molecule has 2 saturated heterocycles. The van der Waals surface area contributed by atoms with Crippen molar-refractivity contribution < 1.29 is 28.6 Å². The minimum Gasteiger partial charge on any atom is -0.457 e. The average molecular weight is 445 g/mol. The smallest absolute Gasteiger partial charge is 0.369 e. The molecular weight excluding hydrogens is 415 g/mol. The third kappa shape index (κ3) is 3.69. The van der Waals surface area contributed by atoms with E-state index in [1.165, 1.54) is 0 Å². The van der Waals surface area contributed by atoms with Crippen molar-refractivity contribution in [3.63, 3.8) is 0 Å². The number of rotatable bonds is 4. The number of esters is 2. The van der Waals surface area contributed by atoms with Gasteiger partial charge in [0.25, 0.3) is 0 Å². The van der Waals surface area contributed by atoms with E-state index in [2.05, 4.69) is 4.90 Å². The number of hydrogen-bond acceptors (Lipinski definition) is 7. The highest BCUT2D eigenvalue weighted by Crippen LogP contribution is 2.43. The van der Waals surface area contributed by atoms with E-state index in [1.54, 1.807) is 6.07 Å². The van der Waals surface area contributed by atoms with Gasteiger partial charge in [0.05, 0.1) is 17.4 Å². The van der Waals surface area contributed by atoms with Crippen LogP contribution in [0.25, 0.3) is 0 Å². The lowest BCUT2D eigenvalue weighted by Gasteiger charge is -2.47. The highest BCUT2D eigenvalue weighted by molar-refractivity contribution is 5.94. The van der Waals surface area contributed by atoms with Gasteiger partial charge < -0.3 is 24.4 Å². The molecule has 8 heteroatoms. The lowest BCUT2D eigenvalue weighted by molar-refractivity contribution is -0.137. The summed E-state index contributed by atoms with van der Waals surface area (Å²) < 4.78 is 23.9. The maximum absolute atomic E-state index is 13.9. The van der Waals surface area contributed by atoms with Gasteiger partial charge in [0, 0.05) is 25.2 Å². The second kappa shape index (κ2) is 8.15. The van der Waals surface area contributed by atoms with Crippen LogP contribution < -0.4 is 0 Å². The fraction of sp³-hybridized carbons (Fsp3) is 0.583. The Bertz CT molecular complexity index is 973. The standard InChI is InChI=1S/C24H29FN2O5/c1-15-16(2-3-17-18(15)13-31-22(17)29)20(28)12-26-8-4-24(5-9-26)6-10-27(11-7-24)19-14-32-23(30)21(19)25/h2-3,20,28H,4-14H2,1H3. The van der Waals surface area contributed by atoms with Gasteiger partial charge in [-0.3, -0.25) is 0 Å². The quantitative estimate of drug-likeness (QED) is 0.715. The number of likely N-dealkylation sites (tertiary alicyclic amines) is 2. The van der Waals surface area contributed by atoms with Crippen LogP contribution in [-0.4, -0.2) is 66.2 Å². The fourth-order valence-corrected chi connectivity index (χ4v) is 5.64. The first-order chi connectivity index (χ1) is 15.4. The average Bonchev–Trinajstić information content (AvgIpc) is 3.34. The molecule has 0 radical (unpaired) electrons. The minimum atomic E-state index is -0.843. The summed E-state index contributed by atoms with van der Waals surface area (Å²) >= 11 is 0. The first-order valence-electron chi connectivity index (χ1n) is 11.4. The number of aliphatic hydroxyl groups excluding tert-OH is 1. The Labute approximate surface area is 186 Å². The van der Waals surface area contributed by atoms with E-state index in [-0.39, 0.29) is 24.6 Å². The van der Waals surface area contributed by atoms with Gasteiger partial charge in [0.2, 0.25) is 5.83 Å². The molecule has 4 aliphatic rings. The monoisotopic (exact) mass is 444 g/mol. The summed E-state index contributed by atoms with van der Waals surface area (Å²) in [7, 11) is 0. The minimum absolute atomic E-state index is 0.0473. The summed E-state index contributed by atoms with van der Waals surface area (Å²) in [6, 6.07) is 3.61. The Balaban J connectivity index is 1.16. The molecule has 172 valence electrons. The predicted molar refractivity (Wildman–Crippen MR) is 113 cm³/mol. The maximum Gasteiger partial charge on any atom is 0.369 e. The second-order valence-corrected chi connectivity index (χ2v) is 9.52. The molecule has 7 nitrogen and oxygen atoms in total. The lowest BCUT2D eigenvalue weighted by atomic mass is 9.71. The number of benzene rings is 1. The van der Waals surface area contributed by atoms with Crippen LogP contribution >= 0.6 is 0 Å². The zero-order chi connectivity index (χ0) is 22.5. The molecule has 4 heterocycles. The summed E-state index contributed by atoms with van der Waals surface area (Å²) in [6.07, 6.45) is 3.45. The number of halogens is 1. The van der Waals surface area contributed by atoms with E-state index >= 15 is 0 Å². The van der Waals surface area contributed by atoms with Crippen molar-refractivity contribution in [2.24, 2.45) is 5.41 Å². The fourth-order valence-electron chi connectivity index (χ4n) is 5.64. The van der Waals surface area contributed by atoms with E-state index in [9.17, 15) is 19.1 Å². The van der Waals surface area contributed by atoms with Gasteiger partial charge in [-0.25, -0.2) is 9.59 Å². The van der Waals surface area contributed by atoms with Crippen molar-refractivity contribution in [1.29, 1.82) is 0 Å². The number of nitrogens with zero attached hydrogens (tertiary/aromatic N) is 2. The van der Waals surface area contributed by atoms with Crippen LogP contribution in [0.15, 0.2) is 23.7 Å². The number of hydrogen-bond donors (Lipinski definition) is 1. The normalized spacial score (nSPS) is 24.0. The van der Waals surface area contributed by atoms with Gasteiger partial charge in [-0.05, 0) is 68.3 Å². The van der Waals surface area contributed by atoms with E-state index in [0.717, 1.165) is 68.6 Å². The van der Waals surface area contributed by atoms with Crippen LogP contribution in [0.1, 0.15) is 58.8 Å². The summed E-state index contributed by atoms with van der Waals surface area (Å²) in [5.74, 6) is -1.87. The second-order valence-electron chi connectivity index (χ2n) is 9.52. The summed E-state index contributed by atoms with van der Waals surface area (Å²) in [6.45, 7) is 6.17. The first-order valence-corrected chi connectivity index (χ1v) is 11.4. The number of cyclic esters (lactones) is 2. The van der Waals surface area contributed by atoms with Gasteiger partial charge in [0.1, 0.15) is 13.2 Å². The molecule has 32 heavy (non-hydrogen) atoms. The van der Waals surface area contributed by atoms with Gasteiger partial charge in [-0.15, -0.1) is 0 Å². The Morgan fingerprint density at radius 3 is 2.34 bits per heavy atom. The third-order valence-electron chi connectivity index (χ3n) is 7.89. The Hall–Kier alpha value is -2.45. The first kappa shape index (κ1) is 21.4. The summed E-state index contributed by atoms with van der Waals surface area (Å²) in [5.41, 5.74) is 3.95. The van der Waals surface area contributed by atoms with E-state index < -0.39 is 17.9 Å². The third-order valence-corrected chi connectivity index (χ3v) is 7.89. The number of aliphatic hydroxyl groups is 1. The van der Waals surface area contributed by atoms with Crippen molar-refractivity contribution in [1.82, 2.24) is 9.80 Å². The summed E-state index contributed by atoms with van der Waals surface area (Å²) in [5, 5.41) is 10.9. The van der Waals surface area contributed by atoms with Crippen molar-refractivity contribution in [2.75, 3.05) is 39.3 Å². The van der Waals surface area contributed by atoms with Crippen molar-refractivity contribution in [3.8, 4) is 0 Å². The number of piperidine rings is 2. The van der Waals surface area contributed by atoms with Crippen LogP contribution in [0.3, 0.4) is 0 Å². The molecule has 4 aliphatic heterocycles. The van der Waals surface area contributed by atoms with Crippen molar-refractivity contribution in [2.45, 2.75) is 45.3 Å². The number of fused-ring (bicyclic) bond motifs is 1. The Morgan fingerprint density at radius 1 is 1.03 bits per heavy atom. The van der Waals surface area contributed by atoms with Crippen LogP contribution in [0.2, 0.25) is 0 Å². The number of ether oxygens (including phenoxy) is 2. The highest BCUT2D eigenvalue weighted by Gasteiger charge is 2.40. The molecule has 0 saturated carbocycles. The number of β-amino-alcohol motifs (C(OH)–C–C–N with tert-alkyl or cyclic N) is 1. The zero-order valence-electron chi connectivity index (χ0n) is 18.4. The molecule has 1 spiro atoms. The van der Waals surface area contributed by atoms with Crippen molar-refractivity contribution >= 4 is 11.9 Å². The van der Waals surface area contributed by atoms with Crippen LogP contribution in [0, 0.1) is 12.3 Å². The molecule has 0 aromatic heterocycles. The molecule has 0 aliphatic carbocycles. The van der Waals surface area contributed by atoms with Gasteiger partial charge >= 0.3 is 11.9 Å². The lowest BCUT2D eigenvalue weighted by Crippen LogP contribution is -2.47. The van der Waals surface area contributed by atoms with Crippen molar-refractivity contribution in [3.05, 3.63) is 45.9 Å². The Morgan fingerprint density at radius 2 is 1.69 bits per heavy atom. The van der Waals surface area contributed by atoms with Crippen LogP contribution in [0.4, 0.5) is 4.39 Å². The molecule has 2 fully saturated rings. The van der Waals surface area contributed by atoms with Crippen LogP contribution in [0.5, 0.6) is 0 Å². The van der Waals surface area contributed by atoms with Crippen LogP contribution in [-0.2, 0) is 20.9 Å².